The number of likely N-dealkylation sites (tertiary alicyclic amines) is 1. The van der Waals surface area contributed by atoms with Crippen molar-refractivity contribution in [3.05, 3.63) is 65.7 Å². The largest absolute Gasteiger partial charge is 0.508 e. The van der Waals surface area contributed by atoms with Gasteiger partial charge in [0.05, 0.1) is 12.6 Å². The molecule has 8 atom stereocenters. The highest BCUT2D eigenvalue weighted by atomic mass is 16.4. The van der Waals surface area contributed by atoms with Crippen molar-refractivity contribution in [1.82, 2.24) is 36.8 Å². The summed E-state index contributed by atoms with van der Waals surface area (Å²) in [4.78, 5) is 118. The molecule has 1 aliphatic heterocycles. The molecule has 0 aromatic heterocycles. The third-order valence-corrected chi connectivity index (χ3v) is 11.4. The van der Waals surface area contributed by atoms with E-state index >= 15 is 0 Å². The third kappa shape index (κ3) is 20.1. The number of amides is 7. The summed E-state index contributed by atoms with van der Waals surface area (Å²) in [5.41, 5.74) is 29.0. The normalized spacial score (nSPS) is 16.0. The zero-order valence-corrected chi connectivity index (χ0v) is 40.9. The quantitative estimate of drug-likeness (QED) is 0.0215. The number of rotatable bonds is 29. The summed E-state index contributed by atoms with van der Waals surface area (Å²) >= 11 is 0. The second-order valence-electron chi connectivity index (χ2n) is 18.0. The van der Waals surface area contributed by atoms with E-state index in [1.165, 1.54) is 36.1 Å². The lowest BCUT2D eigenvalue weighted by atomic mass is 10.00. The lowest BCUT2D eigenvalue weighted by Gasteiger charge is -2.29. The van der Waals surface area contributed by atoms with E-state index in [0.29, 0.717) is 30.5 Å². The van der Waals surface area contributed by atoms with Crippen LogP contribution in [0.25, 0.3) is 0 Å². The number of phenolic OH excluding ortho intramolecular Hbond substituents is 1. The summed E-state index contributed by atoms with van der Waals surface area (Å²) in [6, 6.07) is 3.96. The number of hydrogen-bond acceptors (Lipinski definition) is 13. The van der Waals surface area contributed by atoms with Crippen LogP contribution < -0.4 is 60.6 Å². The number of hydrogen-bond donors (Lipinski definition) is 14. The Hall–Kier alpha value is -7.54. The summed E-state index contributed by atoms with van der Waals surface area (Å²) in [5, 5.41) is 44.7. The van der Waals surface area contributed by atoms with Crippen LogP contribution in [0.15, 0.2) is 64.6 Å². The van der Waals surface area contributed by atoms with E-state index in [9.17, 15) is 53.7 Å². The number of benzene rings is 2. The number of nitrogens with two attached hydrogens (primary N) is 5. The monoisotopic (exact) mass is 1010 g/mol. The Morgan fingerprint density at radius 3 is 1.56 bits per heavy atom. The highest BCUT2D eigenvalue weighted by Crippen LogP contribution is 2.19. The number of guanidine groups is 2. The van der Waals surface area contributed by atoms with E-state index in [1.54, 1.807) is 44.2 Å². The highest BCUT2D eigenvalue weighted by molar-refractivity contribution is 5.98. The summed E-state index contributed by atoms with van der Waals surface area (Å²) < 4.78 is 0. The molecule has 3 rings (SSSR count). The maximum atomic E-state index is 14.5. The predicted octanol–water partition coefficient (Wildman–Crippen LogP) is -3.35. The van der Waals surface area contributed by atoms with Gasteiger partial charge in [0.25, 0.3) is 0 Å². The minimum Gasteiger partial charge on any atom is -0.508 e. The molecule has 2 aromatic carbocycles. The van der Waals surface area contributed by atoms with E-state index in [-0.39, 0.29) is 81.6 Å². The van der Waals surface area contributed by atoms with Crippen LogP contribution in [-0.4, -0.2) is 154 Å². The molecule has 72 heavy (non-hydrogen) atoms. The van der Waals surface area contributed by atoms with Crippen LogP contribution in [0.5, 0.6) is 5.75 Å². The number of aliphatic hydroxyl groups excluding tert-OH is 1. The number of aliphatic carboxylic acids is 1. The van der Waals surface area contributed by atoms with E-state index < -0.39 is 102 Å². The fourth-order valence-corrected chi connectivity index (χ4v) is 7.76. The van der Waals surface area contributed by atoms with Crippen LogP contribution in [0.1, 0.15) is 76.8 Å². The summed E-state index contributed by atoms with van der Waals surface area (Å²) in [6.45, 7) is 4.61. The molecule has 0 bridgehead atoms. The van der Waals surface area contributed by atoms with Gasteiger partial charge in [-0.3, -0.25) is 43.5 Å². The summed E-state index contributed by atoms with van der Waals surface area (Å²) in [5.74, 6) is -7.48. The molecule has 396 valence electrons. The van der Waals surface area contributed by atoms with Gasteiger partial charge in [-0.05, 0) is 81.0 Å². The number of aliphatic imine (C=N–C) groups is 2. The Bertz CT molecular complexity index is 2200. The van der Waals surface area contributed by atoms with Crippen molar-refractivity contribution < 1.29 is 53.7 Å². The lowest BCUT2D eigenvalue weighted by molar-refractivity contribution is -0.143. The molecule has 0 saturated carbocycles. The van der Waals surface area contributed by atoms with Gasteiger partial charge in [0.2, 0.25) is 41.4 Å². The number of nitrogens with one attached hydrogen (secondary N) is 6. The fraction of sp³-hybridized carbons (Fsp3) is 0.532. The number of carboxylic acids is 1. The second kappa shape index (κ2) is 29.6. The number of aliphatic hydroxyl groups is 1. The van der Waals surface area contributed by atoms with Crippen LogP contribution in [0.2, 0.25) is 0 Å². The van der Waals surface area contributed by atoms with Crippen LogP contribution in [-0.2, 0) is 51.2 Å². The first kappa shape index (κ1) is 58.8. The van der Waals surface area contributed by atoms with Gasteiger partial charge in [0.1, 0.15) is 48.0 Å². The Kier molecular flexibility index (Phi) is 24.2. The smallest absolute Gasteiger partial charge is 0.328 e. The zero-order valence-electron chi connectivity index (χ0n) is 40.9. The molecule has 1 saturated heterocycles. The molecule has 0 aliphatic carbocycles. The minimum absolute atomic E-state index is 0.0258. The van der Waals surface area contributed by atoms with Gasteiger partial charge >= 0.3 is 5.97 Å². The molecule has 25 heteroatoms. The van der Waals surface area contributed by atoms with Crippen molar-refractivity contribution in [3.63, 3.8) is 0 Å². The van der Waals surface area contributed by atoms with Gasteiger partial charge in [0, 0.05) is 32.5 Å². The van der Waals surface area contributed by atoms with Gasteiger partial charge in [0.15, 0.2) is 11.9 Å². The average Bonchev–Trinajstić information content (AvgIpc) is 3.82. The van der Waals surface area contributed by atoms with Crippen LogP contribution in [0.4, 0.5) is 0 Å². The Morgan fingerprint density at radius 1 is 0.639 bits per heavy atom. The first-order valence-corrected chi connectivity index (χ1v) is 23.7. The van der Waals surface area contributed by atoms with Crippen LogP contribution >= 0.6 is 0 Å². The molecular weight excluding hydrogens is 937 g/mol. The van der Waals surface area contributed by atoms with Crippen LogP contribution in [0.3, 0.4) is 0 Å². The molecule has 7 amide bonds. The van der Waals surface area contributed by atoms with Gasteiger partial charge in [-0.2, -0.15) is 0 Å². The SMILES string of the molecule is CC(C)C[C@H](NC(=O)[C@H](CCCN=C(N)N)NC(=O)[C@@H]1CCCN1C(=O)[C@H](C)N)C(=O)N[C@@H](CCCN=C(N)N)C(=O)N[C@@H](Cc1ccccc1)C(=O)N[C@@H](Cc1ccc(O)cc1)C(=O)N[C@@H](CO)C(=O)O. The molecule has 1 heterocycles. The van der Waals surface area contributed by atoms with Crippen molar-refractivity contribution in [2.24, 2.45) is 44.6 Å². The molecule has 0 radical (unpaired) electrons. The fourth-order valence-electron chi connectivity index (χ4n) is 7.76. The molecule has 0 unspecified atom stereocenters. The number of carbonyl (C=O) groups is 8. The van der Waals surface area contributed by atoms with Gasteiger partial charge < -0.3 is 80.8 Å². The topological polar surface area (TPSA) is 427 Å². The molecule has 19 N–H and O–H groups in total. The zero-order chi connectivity index (χ0) is 53.5. The number of nitrogens with zero attached hydrogens (tertiary/aromatic N) is 3. The number of carbonyl (C=O) groups excluding carboxylic acids is 7. The summed E-state index contributed by atoms with van der Waals surface area (Å²) in [7, 11) is 0. The van der Waals surface area contributed by atoms with E-state index in [2.05, 4.69) is 41.9 Å². The van der Waals surface area contributed by atoms with Crippen molar-refractivity contribution in [2.45, 2.75) is 127 Å². The van der Waals surface area contributed by atoms with E-state index in [1.807, 2.05) is 0 Å². The Labute approximate surface area is 417 Å². The molecular formula is C47H72N14O11. The number of phenols is 1. The molecule has 25 nitrogen and oxygen atoms in total. The first-order valence-electron chi connectivity index (χ1n) is 23.7. The van der Waals surface area contributed by atoms with Crippen molar-refractivity contribution in [1.29, 1.82) is 0 Å². The molecule has 2 aromatic rings. The third-order valence-electron chi connectivity index (χ3n) is 11.4. The predicted molar refractivity (Wildman–Crippen MR) is 266 cm³/mol. The summed E-state index contributed by atoms with van der Waals surface area (Å²) in [6.07, 6.45) is 0.913. The van der Waals surface area contributed by atoms with Crippen LogP contribution in [0, 0.1) is 5.92 Å². The van der Waals surface area contributed by atoms with Crippen molar-refractivity contribution in [2.75, 3.05) is 26.2 Å². The van der Waals surface area contributed by atoms with Gasteiger partial charge in [-0.15, -0.1) is 0 Å². The second-order valence-corrected chi connectivity index (χ2v) is 18.0. The number of carboxylic acid groups (broad SMARTS) is 1. The molecule has 0 spiro atoms. The molecule has 1 fully saturated rings. The minimum atomic E-state index is -1.72. The first-order chi connectivity index (χ1) is 34.1. The standard InChI is InChI=1S/C47H72N14O11/c1-26(2)22-33(57-39(65)32(13-8-20-54-47(51)52)56-43(69)37-14-9-21-61(37)44(70)27(3)48)40(66)55-31(12-7-19-53-46(49)50)38(64)58-34(23-28-10-5-4-6-11-28)41(67)59-35(24-29-15-17-30(63)18-16-29)42(68)60-36(25-62)45(71)72/h4-6,10-11,15-18,26-27,31-37,62-63H,7-9,12-14,19-25,48H2,1-3H3,(H,55,66)(H,56,69)(H,57,65)(H,58,64)(H,59,67)(H,60,68)(H,71,72)(H4,49,50,53)(H4,51,52,54)/t27-,31-,32-,33-,34-,35-,36-,37-/m0/s1. The Morgan fingerprint density at radius 2 is 1.08 bits per heavy atom. The Balaban J connectivity index is 1.97. The molecule has 1 aliphatic rings. The van der Waals surface area contributed by atoms with Crippen molar-refractivity contribution >= 4 is 59.2 Å². The maximum absolute atomic E-state index is 14.5. The van der Waals surface area contributed by atoms with Gasteiger partial charge in [-0.25, -0.2) is 4.79 Å². The van der Waals surface area contributed by atoms with Gasteiger partial charge in [-0.1, -0.05) is 56.3 Å². The van der Waals surface area contributed by atoms with E-state index in [4.69, 9.17) is 28.7 Å². The lowest BCUT2D eigenvalue weighted by Crippen LogP contribution is -2.60. The highest BCUT2D eigenvalue weighted by Gasteiger charge is 2.38. The van der Waals surface area contributed by atoms with Crippen molar-refractivity contribution in [3.8, 4) is 5.75 Å². The number of aromatic hydroxyl groups is 1. The van der Waals surface area contributed by atoms with E-state index in [0.717, 1.165) is 0 Å². The maximum Gasteiger partial charge on any atom is 0.328 e. The average molecular weight is 1010 g/mol.